The molecule has 0 unspecified atom stereocenters. The highest BCUT2D eigenvalue weighted by Gasteiger charge is 1.94. The number of hydrogen-bond acceptors (Lipinski definition) is 1. The van der Waals surface area contributed by atoms with Crippen molar-refractivity contribution in [3.63, 3.8) is 0 Å². The molecule has 40 valence electrons. The van der Waals surface area contributed by atoms with Crippen molar-refractivity contribution in [1.82, 2.24) is 0 Å². The van der Waals surface area contributed by atoms with Gasteiger partial charge in [-0.2, -0.15) is 0 Å². The van der Waals surface area contributed by atoms with E-state index in [2.05, 4.69) is 20.9 Å². The van der Waals surface area contributed by atoms with Gasteiger partial charge < -0.3 is 5.41 Å². The van der Waals surface area contributed by atoms with Crippen LogP contribution in [0.2, 0.25) is 0 Å². The van der Waals surface area contributed by atoms with Gasteiger partial charge in [0.15, 0.2) is 0 Å². The molecule has 0 spiro atoms. The summed E-state index contributed by atoms with van der Waals surface area (Å²) in [5.41, 5.74) is 0.455. The molecule has 0 bridgehead atoms. The summed E-state index contributed by atoms with van der Waals surface area (Å²) in [6.45, 7) is 0. The van der Waals surface area contributed by atoms with E-state index < -0.39 is 0 Å². The lowest BCUT2D eigenvalue weighted by atomic mass is 10.5. The van der Waals surface area contributed by atoms with Gasteiger partial charge in [-0.05, 0) is 28.1 Å². The van der Waals surface area contributed by atoms with Gasteiger partial charge in [-0.15, -0.1) is 0 Å². The summed E-state index contributed by atoms with van der Waals surface area (Å²) in [5.74, 6) is 1.91. The van der Waals surface area contributed by atoms with Crippen molar-refractivity contribution in [3.8, 4) is 0 Å². The van der Waals surface area contributed by atoms with Gasteiger partial charge >= 0.3 is 0 Å². The van der Waals surface area contributed by atoms with Crippen molar-refractivity contribution in [2.45, 2.75) is 0 Å². The van der Waals surface area contributed by atoms with Gasteiger partial charge in [-0.1, -0.05) is 0 Å². The van der Waals surface area contributed by atoms with Crippen LogP contribution in [0, 0.1) is 0 Å². The summed E-state index contributed by atoms with van der Waals surface area (Å²) < 4.78 is 0.717. The second kappa shape index (κ2) is 2.07. The Kier molecular flexibility index (Phi) is 1.42. The number of hydrogen-bond donors (Lipinski definition) is 0. The third kappa shape index (κ3) is 0.941. The Morgan fingerprint density at radius 1 is 1.62 bits per heavy atom. The Morgan fingerprint density at radius 2 is 2.38 bits per heavy atom. The third-order valence-corrected chi connectivity index (χ3v) is 1.16. The SMILES string of the molecule is [N-]=C=C1C=CC(Br)=N1. The van der Waals surface area contributed by atoms with Crippen LogP contribution < -0.4 is 0 Å². The standard InChI is InChI=1S/C5H2BrN2/c6-5-2-1-4(3-7)8-5/h1-2H/q-1. The fourth-order valence-electron chi connectivity index (χ4n) is 0.400. The van der Waals surface area contributed by atoms with E-state index in [4.69, 9.17) is 5.41 Å². The molecule has 1 aliphatic heterocycles. The minimum Gasteiger partial charge on any atom is -0.761 e. The molecular weight excluding hydrogens is 168 g/mol. The van der Waals surface area contributed by atoms with Crippen molar-refractivity contribution < 1.29 is 0 Å². The van der Waals surface area contributed by atoms with Crippen LogP contribution in [0.15, 0.2) is 22.8 Å². The van der Waals surface area contributed by atoms with Crippen LogP contribution in [0.5, 0.6) is 0 Å². The Morgan fingerprint density at radius 3 is 2.62 bits per heavy atom. The Hall–Kier alpha value is -0.660. The predicted molar refractivity (Wildman–Crippen MR) is 37.4 cm³/mol. The van der Waals surface area contributed by atoms with Crippen LogP contribution in [0.3, 0.4) is 0 Å². The first kappa shape index (κ1) is 5.48. The molecule has 0 N–H and O–H groups in total. The highest BCUT2D eigenvalue weighted by atomic mass is 79.9. The van der Waals surface area contributed by atoms with Gasteiger partial charge in [0.1, 0.15) is 4.62 Å². The van der Waals surface area contributed by atoms with Gasteiger partial charge in [-0.25, -0.2) is 10.9 Å². The highest BCUT2D eigenvalue weighted by Crippen LogP contribution is 2.07. The van der Waals surface area contributed by atoms with E-state index in [0.717, 1.165) is 0 Å². The quantitative estimate of drug-likeness (QED) is 0.493. The first-order valence-corrected chi connectivity index (χ1v) is 2.81. The summed E-state index contributed by atoms with van der Waals surface area (Å²) in [6, 6.07) is 0. The lowest BCUT2D eigenvalue weighted by Gasteiger charge is -1.79. The first-order valence-electron chi connectivity index (χ1n) is 2.02. The fourth-order valence-corrected chi connectivity index (χ4v) is 0.723. The van der Waals surface area contributed by atoms with E-state index >= 15 is 0 Å². The maximum absolute atomic E-state index is 8.22. The topological polar surface area (TPSA) is 34.7 Å². The van der Waals surface area contributed by atoms with E-state index in [-0.39, 0.29) is 0 Å². The minimum absolute atomic E-state index is 0.455. The zero-order valence-corrected chi connectivity index (χ0v) is 5.51. The van der Waals surface area contributed by atoms with Crippen LogP contribution in [-0.2, 0) is 0 Å². The van der Waals surface area contributed by atoms with E-state index in [1.165, 1.54) is 0 Å². The van der Waals surface area contributed by atoms with Crippen molar-refractivity contribution in [1.29, 1.82) is 0 Å². The molecular formula is C5H2BrN2-. The number of aliphatic imine (C=N–C) groups is 1. The van der Waals surface area contributed by atoms with Crippen molar-refractivity contribution in [3.05, 3.63) is 23.3 Å². The highest BCUT2D eigenvalue weighted by molar-refractivity contribution is 9.18. The molecule has 0 fully saturated rings. The number of nitrogens with zero attached hydrogens (tertiary/aromatic N) is 2. The van der Waals surface area contributed by atoms with E-state index in [1.807, 2.05) is 5.87 Å². The van der Waals surface area contributed by atoms with Gasteiger partial charge in [0.25, 0.3) is 0 Å². The monoisotopic (exact) mass is 169 g/mol. The largest absolute Gasteiger partial charge is 0.761 e. The number of halogens is 1. The summed E-state index contributed by atoms with van der Waals surface area (Å²) in [4.78, 5) is 3.78. The lowest BCUT2D eigenvalue weighted by molar-refractivity contribution is 1.53. The number of rotatable bonds is 0. The van der Waals surface area contributed by atoms with Crippen molar-refractivity contribution in [2.24, 2.45) is 4.99 Å². The smallest absolute Gasteiger partial charge is 0.107 e. The van der Waals surface area contributed by atoms with Crippen LogP contribution in [0.1, 0.15) is 0 Å². The first-order chi connectivity index (χ1) is 3.83. The Bertz CT molecular complexity index is 208. The molecule has 1 heterocycles. The zero-order valence-electron chi connectivity index (χ0n) is 3.93. The molecule has 0 atom stereocenters. The van der Waals surface area contributed by atoms with Crippen LogP contribution in [0.4, 0.5) is 0 Å². The Labute approximate surface area is 55.3 Å². The third-order valence-electron chi connectivity index (χ3n) is 0.721. The molecule has 0 aromatic rings. The van der Waals surface area contributed by atoms with Gasteiger partial charge in [0.05, 0.1) is 5.70 Å². The molecule has 1 rings (SSSR count). The molecule has 0 amide bonds. The summed E-state index contributed by atoms with van der Waals surface area (Å²) >= 11 is 3.11. The second-order valence-electron chi connectivity index (χ2n) is 1.26. The maximum atomic E-state index is 8.22. The molecule has 1 aliphatic rings. The molecule has 3 heteroatoms. The molecule has 0 radical (unpaired) electrons. The summed E-state index contributed by atoms with van der Waals surface area (Å²) in [5, 5.41) is 8.22. The Balaban J connectivity index is 3.01. The number of allylic oxidation sites excluding steroid dienone is 2. The molecule has 0 saturated carbocycles. The van der Waals surface area contributed by atoms with E-state index in [1.54, 1.807) is 12.2 Å². The predicted octanol–water partition coefficient (Wildman–Crippen LogP) is 1.47. The van der Waals surface area contributed by atoms with Crippen molar-refractivity contribution >= 4 is 26.4 Å². The second-order valence-corrected chi connectivity index (χ2v) is 2.08. The average molecular weight is 170 g/mol. The summed E-state index contributed by atoms with van der Waals surface area (Å²) in [6.07, 6.45) is 3.39. The van der Waals surface area contributed by atoms with Crippen LogP contribution >= 0.6 is 15.9 Å². The molecule has 8 heavy (non-hydrogen) atoms. The molecule has 0 aliphatic carbocycles. The maximum Gasteiger partial charge on any atom is 0.107 e. The zero-order chi connectivity index (χ0) is 5.98. The normalized spacial score (nSPS) is 16.1. The van der Waals surface area contributed by atoms with E-state index in [9.17, 15) is 0 Å². The fraction of sp³-hybridized carbons (Fsp3) is 0. The lowest BCUT2D eigenvalue weighted by Crippen LogP contribution is -1.67. The van der Waals surface area contributed by atoms with Gasteiger partial charge in [0.2, 0.25) is 0 Å². The molecule has 0 aromatic carbocycles. The molecule has 2 nitrogen and oxygen atoms in total. The minimum atomic E-state index is 0.455. The summed E-state index contributed by atoms with van der Waals surface area (Å²) in [7, 11) is 0. The van der Waals surface area contributed by atoms with Gasteiger partial charge in [-0.3, -0.25) is 0 Å². The van der Waals surface area contributed by atoms with E-state index in [0.29, 0.717) is 10.3 Å². The average Bonchev–Trinajstić information content (AvgIpc) is 2.14. The van der Waals surface area contributed by atoms with Crippen molar-refractivity contribution in [2.75, 3.05) is 0 Å². The van der Waals surface area contributed by atoms with Gasteiger partial charge in [0, 0.05) is 0 Å². The molecule has 0 aromatic heterocycles. The van der Waals surface area contributed by atoms with Crippen LogP contribution in [-0.4, -0.2) is 10.5 Å². The van der Waals surface area contributed by atoms with Crippen LogP contribution in [0.25, 0.3) is 5.41 Å². The molecule has 0 saturated heterocycles.